The molecule has 18 heavy (non-hydrogen) atoms. The maximum absolute atomic E-state index is 12.3. The Hall–Kier alpha value is -1.48. The summed E-state index contributed by atoms with van der Waals surface area (Å²) in [6.45, 7) is 7.34. The molecule has 0 saturated heterocycles. The summed E-state index contributed by atoms with van der Waals surface area (Å²) in [5.74, 6) is 0.0461. The molecule has 3 nitrogen and oxygen atoms in total. The Morgan fingerprint density at radius 2 is 2.00 bits per heavy atom. The van der Waals surface area contributed by atoms with E-state index in [1.54, 1.807) is 4.90 Å². The fourth-order valence-electron chi connectivity index (χ4n) is 2.18. The van der Waals surface area contributed by atoms with Crippen LogP contribution in [0.2, 0.25) is 5.02 Å². The number of fused-ring (bicyclic) bond motifs is 1. The third-order valence-electron chi connectivity index (χ3n) is 3.28. The van der Waals surface area contributed by atoms with E-state index in [0.717, 1.165) is 16.5 Å². The largest absolute Gasteiger partial charge is 0.350 e. The molecule has 2 aromatic rings. The van der Waals surface area contributed by atoms with E-state index >= 15 is 0 Å². The first-order chi connectivity index (χ1) is 8.58. The number of nitrogens with one attached hydrogen (secondary N) is 1. The number of halogens is 1. The van der Waals surface area contributed by atoms with Gasteiger partial charge in [0.05, 0.1) is 0 Å². The van der Waals surface area contributed by atoms with Crippen molar-refractivity contribution in [3.63, 3.8) is 0 Å². The van der Waals surface area contributed by atoms with Crippen LogP contribution in [0.25, 0.3) is 10.9 Å². The highest BCUT2D eigenvalue weighted by Gasteiger charge is 2.18. The molecule has 1 amide bonds. The van der Waals surface area contributed by atoms with Gasteiger partial charge in [-0.1, -0.05) is 11.6 Å². The summed E-state index contributed by atoms with van der Waals surface area (Å²) in [4.78, 5) is 17.3. The third-order valence-corrected chi connectivity index (χ3v) is 3.52. The maximum atomic E-state index is 12.3. The Kier molecular flexibility index (Phi) is 3.62. The Morgan fingerprint density at radius 3 is 2.61 bits per heavy atom. The monoisotopic (exact) mass is 264 g/mol. The van der Waals surface area contributed by atoms with Crippen LogP contribution in [0, 0.1) is 6.92 Å². The molecule has 0 radical (unpaired) electrons. The molecule has 1 aromatic carbocycles. The van der Waals surface area contributed by atoms with Gasteiger partial charge in [-0.05, 0) is 44.5 Å². The Labute approximate surface area is 112 Å². The summed E-state index contributed by atoms with van der Waals surface area (Å²) in [5, 5.41) is 1.70. The second-order valence-electron chi connectivity index (χ2n) is 4.29. The van der Waals surface area contributed by atoms with Crippen molar-refractivity contribution in [1.82, 2.24) is 9.88 Å². The van der Waals surface area contributed by atoms with Crippen LogP contribution in [0.5, 0.6) is 0 Å². The highest BCUT2D eigenvalue weighted by atomic mass is 35.5. The molecule has 0 bridgehead atoms. The zero-order valence-electron chi connectivity index (χ0n) is 10.9. The van der Waals surface area contributed by atoms with Crippen LogP contribution in [0.4, 0.5) is 0 Å². The fourth-order valence-corrected chi connectivity index (χ4v) is 2.35. The lowest BCUT2D eigenvalue weighted by molar-refractivity contribution is 0.0767. The zero-order valence-corrected chi connectivity index (χ0v) is 11.6. The predicted molar refractivity (Wildman–Crippen MR) is 75.3 cm³/mol. The highest BCUT2D eigenvalue weighted by molar-refractivity contribution is 6.31. The molecule has 96 valence electrons. The normalized spacial score (nSPS) is 10.9. The molecule has 1 N–H and O–H groups in total. The molecular weight excluding hydrogens is 248 g/mol. The number of aromatic nitrogens is 1. The van der Waals surface area contributed by atoms with Gasteiger partial charge in [0.2, 0.25) is 0 Å². The first kappa shape index (κ1) is 13.0. The number of benzene rings is 1. The first-order valence-corrected chi connectivity index (χ1v) is 6.53. The van der Waals surface area contributed by atoms with Crippen LogP contribution in [-0.4, -0.2) is 28.9 Å². The van der Waals surface area contributed by atoms with Crippen LogP contribution in [0.15, 0.2) is 18.2 Å². The first-order valence-electron chi connectivity index (χ1n) is 6.15. The highest BCUT2D eigenvalue weighted by Crippen LogP contribution is 2.25. The molecule has 0 aliphatic carbocycles. The van der Waals surface area contributed by atoms with Gasteiger partial charge in [0.15, 0.2) is 0 Å². The number of aryl methyl sites for hydroxylation is 1. The van der Waals surface area contributed by atoms with Crippen molar-refractivity contribution in [3.05, 3.63) is 34.5 Å². The molecule has 0 spiro atoms. The van der Waals surface area contributed by atoms with E-state index in [1.165, 1.54) is 0 Å². The summed E-state index contributed by atoms with van der Waals surface area (Å²) in [5.41, 5.74) is 2.58. The average Bonchev–Trinajstić information content (AvgIpc) is 2.68. The van der Waals surface area contributed by atoms with Crippen LogP contribution in [0.3, 0.4) is 0 Å². The molecule has 1 heterocycles. The lowest BCUT2D eigenvalue weighted by atomic mass is 10.1. The summed E-state index contributed by atoms with van der Waals surface area (Å²) in [7, 11) is 0. The molecule has 0 aliphatic rings. The predicted octanol–water partition coefficient (Wildman–Crippen LogP) is 3.61. The van der Waals surface area contributed by atoms with Gasteiger partial charge < -0.3 is 9.88 Å². The van der Waals surface area contributed by atoms with Gasteiger partial charge in [0.1, 0.15) is 5.69 Å². The van der Waals surface area contributed by atoms with Crippen molar-refractivity contribution in [1.29, 1.82) is 0 Å². The topological polar surface area (TPSA) is 36.1 Å². The summed E-state index contributed by atoms with van der Waals surface area (Å²) in [6, 6.07) is 5.62. The maximum Gasteiger partial charge on any atom is 0.270 e. The number of hydrogen-bond acceptors (Lipinski definition) is 1. The molecule has 4 heteroatoms. The Bertz CT molecular complexity index is 585. The van der Waals surface area contributed by atoms with Crippen molar-refractivity contribution >= 4 is 28.4 Å². The minimum Gasteiger partial charge on any atom is -0.350 e. The van der Waals surface area contributed by atoms with E-state index < -0.39 is 0 Å². The van der Waals surface area contributed by atoms with E-state index in [2.05, 4.69) is 4.98 Å². The number of amides is 1. The lowest BCUT2D eigenvalue weighted by Crippen LogP contribution is -2.31. The molecule has 0 unspecified atom stereocenters. The fraction of sp³-hybridized carbons (Fsp3) is 0.357. The third kappa shape index (κ3) is 2.10. The van der Waals surface area contributed by atoms with Crippen LogP contribution < -0.4 is 0 Å². The van der Waals surface area contributed by atoms with Gasteiger partial charge in [0, 0.05) is 29.0 Å². The lowest BCUT2D eigenvalue weighted by Gasteiger charge is -2.18. The molecule has 2 rings (SSSR count). The molecule has 0 saturated carbocycles. The number of H-pyrrole nitrogens is 1. The quantitative estimate of drug-likeness (QED) is 0.903. The standard InChI is InChI=1S/C14H17ClN2O/c1-4-17(5-2)14(18)13-9(3)11-8-10(15)6-7-12(11)16-13/h6-8,16H,4-5H2,1-3H3. The summed E-state index contributed by atoms with van der Waals surface area (Å²) >= 11 is 5.99. The Morgan fingerprint density at radius 1 is 1.33 bits per heavy atom. The van der Waals surface area contributed by atoms with Crippen LogP contribution in [-0.2, 0) is 0 Å². The minimum absolute atomic E-state index is 0.0461. The van der Waals surface area contributed by atoms with Gasteiger partial charge in [-0.2, -0.15) is 0 Å². The van der Waals surface area contributed by atoms with Crippen molar-refractivity contribution in [2.75, 3.05) is 13.1 Å². The zero-order chi connectivity index (χ0) is 13.3. The van der Waals surface area contributed by atoms with Gasteiger partial charge >= 0.3 is 0 Å². The van der Waals surface area contributed by atoms with Gasteiger partial charge in [-0.3, -0.25) is 4.79 Å². The molecule has 0 atom stereocenters. The second kappa shape index (κ2) is 5.02. The van der Waals surface area contributed by atoms with E-state index in [0.29, 0.717) is 23.8 Å². The SMILES string of the molecule is CCN(CC)C(=O)c1[nH]c2ccc(Cl)cc2c1C. The average molecular weight is 265 g/mol. The van der Waals surface area contributed by atoms with Gasteiger partial charge in [-0.25, -0.2) is 0 Å². The summed E-state index contributed by atoms with van der Waals surface area (Å²) in [6.07, 6.45) is 0. The van der Waals surface area contributed by atoms with Crippen molar-refractivity contribution in [2.24, 2.45) is 0 Å². The molecular formula is C14H17ClN2O. The number of carbonyl (C=O) groups excluding carboxylic acids is 1. The van der Waals surface area contributed by atoms with E-state index in [-0.39, 0.29) is 5.91 Å². The second-order valence-corrected chi connectivity index (χ2v) is 4.73. The van der Waals surface area contributed by atoms with E-state index in [9.17, 15) is 4.79 Å². The number of rotatable bonds is 3. The van der Waals surface area contributed by atoms with Crippen LogP contribution in [0.1, 0.15) is 29.9 Å². The van der Waals surface area contributed by atoms with Crippen molar-refractivity contribution in [2.45, 2.75) is 20.8 Å². The number of nitrogens with zero attached hydrogens (tertiary/aromatic N) is 1. The number of aromatic amines is 1. The Balaban J connectivity index is 2.52. The van der Waals surface area contributed by atoms with Crippen LogP contribution >= 0.6 is 11.6 Å². The molecule has 0 aliphatic heterocycles. The van der Waals surface area contributed by atoms with Crippen molar-refractivity contribution in [3.8, 4) is 0 Å². The number of carbonyl (C=O) groups is 1. The van der Waals surface area contributed by atoms with Gasteiger partial charge in [-0.15, -0.1) is 0 Å². The minimum atomic E-state index is 0.0461. The van der Waals surface area contributed by atoms with E-state index in [1.807, 2.05) is 39.0 Å². The molecule has 1 aromatic heterocycles. The smallest absolute Gasteiger partial charge is 0.270 e. The van der Waals surface area contributed by atoms with Gasteiger partial charge in [0.25, 0.3) is 5.91 Å². The van der Waals surface area contributed by atoms with Crippen molar-refractivity contribution < 1.29 is 4.79 Å². The summed E-state index contributed by atoms with van der Waals surface area (Å²) < 4.78 is 0. The van der Waals surface area contributed by atoms with E-state index in [4.69, 9.17) is 11.6 Å². The number of hydrogen-bond donors (Lipinski definition) is 1. The molecule has 0 fully saturated rings.